The second-order valence-electron chi connectivity index (χ2n) is 5.99. The minimum Gasteiger partial charge on any atom is -0.305 e. The fraction of sp³-hybridized carbons (Fsp3) is 0.100. The van der Waals surface area contributed by atoms with Gasteiger partial charge in [-0.05, 0) is 42.5 Å². The average Bonchev–Trinajstić information content (AvgIpc) is 3.24. The Kier molecular flexibility index (Phi) is 3.86. The van der Waals surface area contributed by atoms with E-state index in [1.54, 1.807) is 0 Å². The largest absolute Gasteiger partial charge is 0.305 e. The molecule has 0 fully saturated rings. The number of benzene rings is 1. The van der Waals surface area contributed by atoms with Crippen molar-refractivity contribution in [2.75, 3.05) is 5.32 Å². The third-order valence-electron chi connectivity index (χ3n) is 4.14. The van der Waals surface area contributed by atoms with Gasteiger partial charge in [0.15, 0.2) is 0 Å². The minimum absolute atomic E-state index is 0.117. The number of fused-ring (bicyclic) bond motifs is 1. The van der Waals surface area contributed by atoms with Crippen molar-refractivity contribution in [1.29, 1.82) is 0 Å². The fourth-order valence-corrected chi connectivity index (χ4v) is 3.49. The SMILES string of the molecule is Cc1ccc2nc(-c3ccccc3C)c(NC(=O)c3cccs3)n2c1. The van der Waals surface area contributed by atoms with E-state index in [2.05, 4.69) is 18.3 Å². The molecule has 0 saturated heterocycles. The zero-order chi connectivity index (χ0) is 17.4. The molecular weight excluding hydrogens is 330 g/mol. The molecule has 3 aromatic heterocycles. The van der Waals surface area contributed by atoms with E-state index in [9.17, 15) is 4.79 Å². The van der Waals surface area contributed by atoms with Gasteiger partial charge in [0, 0.05) is 11.8 Å². The monoisotopic (exact) mass is 347 g/mol. The number of rotatable bonds is 3. The Morgan fingerprint density at radius 3 is 2.68 bits per heavy atom. The molecule has 0 bridgehead atoms. The Morgan fingerprint density at radius 2 is 1.92 bits per heavy atom. The van der Waals surface area contributed by atoms with Crippen LogP contribution >= 0.6 is 11.3 Å². The first kappa shape index (κ1) is 15.6. The number of anilines is 1. The van der Waals surface area contributed by atoms with Crippen molar-refractivity contribution >= 4 is 28.7 Å². The molecular formula is C20H17N3OS. The molecule has 1 N–H and O–H groups in total. The first-order valence-electron chi connectivity index (χ1n) is 8.03. The van der Waals surface area contributed by atoms with Crippen LogP contribution in [0.3, 0.4) is 0 Å². The number of imidazole rings is 1. The van der Waals surface area contributed by atoms with E-state index < -0.39 is 0 Å². The second kappa shape index (κ2) is 6.18. The first-order valence-corrected chi connectivity index (χ1v) is 8.91. The van der Waals surface area contributed by atoms with E-state index in [-0.39, 0.29) is 5.91 Å². The number of nitrogens with zero attached hydrogens (tertiary/aromatic N) is 2. The predicted octanol–water partition coefficient (Wildman–Crippen LogP) is 4.93. The average molecular weight is 347 g/mol. The summed E-state index contributed by atoms with van der Waals surface area (Å²) in [6.07, 6.45) is 1.99. The van der Waals surface area contributed by atoms with Crippen LogP contribution in [0.2, 0.25) is 0 Å². The van der Waals surface area contributed by atoms with Crippen molar-refractivity contribution in [2.45, 2.75) is 13.8 Å². The van der Waals surface area contributed by atoms with Crippen molar-refractivity contribution in [2.24, 2.45) is 0 Å². The summed E-state index contributed by atoms with van der Waals surface area (Å²) < 4.78 is 1.95. The third kappa shape index (κ3) is 2.83. The molecule has 1 aromatic carbocycles. The lowest BCUT2D eigenvalue weighted by atomic mass is 10.1. The third-order valence-corrected chi connectivity index (χ3v) is 5.01. The number of nitrogens with one attached hydrogen (secondary N) is 1. The summed E-state index contributed by atoms with van der Waals surface area (Å²) >= 11 is 1.42. The van der Waals surface area contributed by atoms with Crippen LogP contribution in [-0.4, -0.2) is 15.3 Å². The lowest BCUT2D eigenvalue weighted by molar-refractivity contribution is 0.103. The van der Waals surface area contributed by atoms with Crippen molar-refractivity contribution in [3.05, 3.63) is 76.1 Å². The molecule has 3 heterocycles. The van der Waals surface area contributed by atoms with Gasteiger partial charge in [-0.15, -0.1) is 11.3 Å². The number of thiophene rings is 1. The number of amides is 1. The van der Waals surface area contributed by atoms with Crippen molar-refractivity contribution in [1.82, 2.24) is 9.38 Å². The Hall–Kier alpha value is -2.92. The molecule has 0 unspecified atom stereocenters. The number of hydrogen-bond acceptors (Lipinski definition) is 3. The Bertz CT molecular complexity index is 1060. The van der Waals surface area contributed by atoms with Crippen molar-refractivity contribution < 1.29 is 4.79 Å². The number of carbonyl (C=O) groups is 1. The smallest absolute Gasteiger partial charge is 0.266 e. The molecule has 0 spiro atoms. The van der Waals surface area contributed by atoms with E-state index in [1.807, 2.05) is 65.4 Å². The minimum atomic E-state index is -0.117. The van der Waals surface area contributed by atoms with Gasteiger partial charge >= 0.3 is 0 Å². The van der Waals surface area contributed by atoms with Crippen LogP contribution in [-0.2, 0) is 0 Å². The highest BCUT2D eigenvalue weighted by Gasteiger charge is 2.18. The number of aromatic nitrogens is 2. The summed E-state index contributed by atoms with van der Waals surface area (Å²) in [5.74, 6) is 0.583. The molecule has 0 aliphatic carbocycles. The van der Waals surface area contributed by atoms with Crippen molar-refractivity contribution in [3.8, 4) is 11.3 Å². The summed E-state index contributed by atoms with van der Waals surface area (Å²) in [4.78, 5) is 18.1. The standard InChI is InChI=1S/C20H17N3OS/c1-13-9-10-17-21-18(15-7-4-3-6-14(15)2)19(23(17)12-13)22-20(24)16-8-5-11-25-16/h3-12H,1-2H3,(H,22,24). The second-order valence-corrected chi connectivity index (χ2v) is 6.94. The maximum Gasteiger partial charge on any atom is 0.266 e. The molecule has 0 atom stereocenters. The molecule has 25 heavy (non-hydrogen) atoms. The predicted molar refractivity (Wildman–Crippen MR) is 102 cm³/mol. The van der Waals surface area contributed by atoms with Crippen LogP contribution in [0.5, 0.6) is 0 Å². The summed E-state index contributed by atoms with van der Waals surface area (Å²) in [6, 6.07) is 15.8. The van der Waals surface area contributed by atoms with Crippen LogP contribution in [0, 0.1) is 13.8 Å². The van der Waals surface area contributed by atoms with Gasteiger partial charge in [-0.2, -0.15) is 0 Å². The molecule has 1 amide bonds. The van der Waals surface area contributed by atoms with Gasteiger partial charge < -0.3 is 5.32 Å². The zero-order valence-electron chi connectivity index (χ0n) is 14.0. The molecule has 124 valence electrons. The van der Waals surface area contributed by atoms with Gasteiger partial charge in [0.2, 0.25) is 0 Å². The number of carbonyl (C=O) groups excluding carboxylic acids is 1. The number of hydrogen-bond donors (Lipinski definition) is 1. The molecule has 4 aromatic rings. The van der Waals surface area contributed by atoms with Crippen LogP contribution in [0.1, 0.15) is 20.8 Å². The first-order chi connectivity index (χ1) is 12.1. The Labute approximate surface area is 149 Å². The Morgan fingerprint density at radius 1 is 1.08 bits per heavy atom. The van der Waals surface area contributed by atoms with Gasteiger partial charge in [0.05, 0.1) is 4.88 Å². The van der Waals surface area contributed by atoms with Gasteiger partial charge in [-0.1, -0.05) is 36.4 Å². The highest BCUT2D eigenvalue weighted by Crippen LogP contribution is 2.31. The molecule has 0 aliphatic heterocycles. The van der Waals surface area contributed by atoms with Gasteiger partial charge in [-0.3, -0.25) is 9.20 Å². The molecule has 4 rings (SSSR count). The molecule has 0 aliphatic rings. The van der Waals surface area contributed by atoms with E-state index >= 15 is 0 Å². The summed E-state index contributed by atoms with van der Waals surface area (Å²) in [7, 11) is 0. The normalized spacial score (nSPS) is 11.0. The highest BCUT2D eigenvalue weighted by molar-refractivity contribution is 7.12. The van der Waals surface area contributed by atoms with Crippen molar-refractivity contribution in [3.63, 3.8) is 0 Å². The highest BCUT2D eigenvalue weighted by atomic mass is 32.1. The topological polar surface area (TPSA) is 46.4 Å². The molecule has 0 saturated carbocycles. The van der Waals surface area contributed by atoms with Gasteiger partial charge in [0.25, 0.3) is 5.91 Å². The summed E-state index contributed by atoms with van der Waals surface area (Å²) in [5.41, 5.74) is 4.84. The molecule has 0 radical (unpaired) electrons. The lowest BCUT2D eigenvalue weighted by Crippen LogP contribution is -2.12. The maximum atomic E-state index is 12.6. The Balaban J connectivity index is 1.90. The molecule has 5 heteroatoms. The van der Waals surface area contributed by atoms with Crippen LogP contribution in [0.15, 0.2) is 60.1 Å². The quantitative estimate of drug-likeness (QED) is 0.571. The summed E-state index contributed by atoms with van der Waals surface area (Å²) in [6.45, 7) is 4.08. The maximum absolute atomic E-state index is 12.6. The number of pyridine rings is 1. The van der Waals surface area contributed by atoms with Gasteiger partial charge in [0.1, 0.15) is 17.2 Å². The molecule has 4 nitrogen and oxygen atoms in total. The van der Waals surface area contributed by atoms with E-state index in [1.165, 1.54) is 11.3 Å². The number of aryl methyl sites for hydroxylation is 2. The van der Waals surface area contributed by atoms with E-state index in [4.69, 9.17) is 4.98 Å². The van der Waals surface area contributed by atoms with Crippen LogP contribution in [0.25, 0.3) is 16.9 Å². The van der Waals surface area contributed by atoms with Gasteiger partial charge in [-0.25, -0.2) is 4.98 Å². The zero-order valence-corrected chi connectivity index (χ0v) is 14.8. The van der Waals surface area contributed by atoms with Crippen LogP contribution < -0.4 is 5.32 Å². The van der Waals surface area contributed by atoms with E-state index in [0.717, 1.165) is 28.0 Å². The fourth-order valence-electron chi connectivity index (χ4n) is 2.87. The summed E-state index contributed by atoms with van der Waals surface area (Å²) in [5, 5.41) is 4.96. The van der Waals surface area contributed by atoms with E-state index in [0.29, 0.717) is 10.7 Å². The van der Waals surface area contributed by atoms with Crippen LogP contribution in [0.4, 0.5) is 5.82 Å². The lowest BCUT2D eigenvalue weighted by Gasteiger charge is -2.09.